The average molecular weight is 341 g/mol. The Bertz CT molecular complexity index is 788. The summed E-state index contributed by atoms with van der Waals surface area (Å²) in [7, 11) is 0. The molecule has 0 heterocycles. The summed E-state index contributed by atoms with van der Waals surface area (Å²) in [6.45, 7) is 3.78. The maximum Gasteiger partial charge on any atom is 0.311 e. The number of rotatable bonds is 7. The molecule has 2 rings (SSSR count). The summed E-state index contributed by atoms with van der Waals surface area (Å²) in [6.07, 6.45) is -0.0372. The molecule has 0 fully saturated rings. The Morgan fingerprint density at radius 2 is 1.96 bits per heavy atom. The van der Waals surface area contributed by atoms with Crippen LogP contribution in [0.2, 0.25) is 0 Å². The molecule has 0 radical (unpaired) electrons. The van der Waals surface area contributed by atoms with E-state index in [0.717, 1.165) is 11.1 Å². The van der Waals surface area contributed by atoms with Gasteiger partial charge in [0, 0.05) is 6.07 Å². The molecule has 0 aliphatic rings. The predicted octanol–water partition coefficient (Wildman–Crippen LogP) is 3.67. The molecule has 25 heavy (non-hydrogen) atoms. The van der Waals surface area contributed by atoms with Crippen LogP contribution in [0, 0.1) is 17.0 Å². The summed E-state index contributed by atoms with van der Waals surface area (Å²) in [5.74, 6) is -0.412. The monoisotopic (exact) mass is 341 g/mol. The van der Waals surface area contributed by atoms with Gasteiger partial charge in [0.15, 0.2) is 0 Å². The van der Waals surface area contributed by atoms with Crippen LogP contribution >= 0.6 is 0 Å². The van der Waals surface area contributed by atoms with Crippen molar-refractivity contribution in [2.75, 3.05) is 12.0 Å². The van der Waals surface area contributed by atoms with Crippen molar-refractivity contribution >= 4 is 23.1 Å². The fourth-order valence-corrected chi connectivity index (χ4v) is 2.20. The molecule has 130 valence electrons. The van der Waals surface area contributed by atoms with E-state index >= 15 is 0 Å². The van der Waals surface area contributed by atoms with Crippen LogP contribution < -0.4 is 5.43 Å². The van der Waals surface area contributed by atoms with Crippen molar-refractivity contribution in [3.05, 3.63) is 69.8 Å². The number of benzene rings is 2. The number of esters is 1. The molecule has 7 nitrogen and oxygen atoms in total. The summed E-state index contributed by atoms with van der Waals surface area (Å²) >= 11 is 0. The molecule has 7 heteroatoms. The molecule has 0 saturated heterocycles. The maximum absolute atomic E-state index is 11.8. The zero-order valence-electron chi connectivity index (χ0n) is 14.1. The van der Waals surface area contributed by atoms with Crippen LogP contribution in [0.15, 0.2) is 53.6 Å². The molecule has 0 aromatic heterocycles. The highest BCUT2D eigenvalue weighted by atomic mass is 16.6. The summed E-state index contributed by atoms with van der Waals surface area (Å²) in [5.41, 5.74) is 4.83. The van der Waals surface area contributed by atoms with Crippen LogP contribution in [0.5, 0.6) is 0 Å². The van der Waals surface area contributed by atoms with Crippen LogP contribution in [0.4, 0.5) is 11.4 Å². The van der Waals surface area contributed by atoms with Gasteiger partial charge in [0.05, 0.1) is 23.7 Å². The minimum Gasteiger partial charge on any atom is -0.466 e. The summed E-state index contributed by atoms with van der Waals surface area (Å²) < 4.78 is 4.97. The third-order valence-electron chi connectivity index (χ3n) is 3.39. The van der Waals surface area contributed by atoms with Gasteiger partial charge < -0.3 is 4.74 Å². The number of hydrogen-bond donors (Lipinski definition) is 1. The predicted molar refractivity (Wildman–Crippen MR) is 95.7 cm³/mol. The molecule has 0 unspecified atom stereocenters. The van der Waals surface area contributed by atoms with E-state index in [1.165, 1.54) is 6.07 Å². The zero-order valence-corrected chi connectivity index (χ0v) is 14.1. The van der Waals surface area contributed by atoms with Gasteiger partial charge in [0.2, 0.25) is 0 Å². The van der Waals surface area contributed by atoms with Gasteiger partial charge in [-0.05, 0) is 31.0 Å². The van der Waals surface area contributed by atoms with Crippen molar-refractivity contribution in [2.45, 2.75) is 20.3 Å². The molecule has 0 bridgehead atoms. The van der Waals surface area contributed by atoms with Gasteiger partial charge in [-0.2, -0.15) is 5.10 Å². The van der Waals surface area contributed by atoms with E-state index < -0.39 is 10.9 Å². The lowest BCUT2D eigenvalue weighted by Gasteiger charge is -2.08. The van der Waals surface area contributed by atoms with Gasteiger partial charge in [-0.1, -0.05) is 36.4 Å². The Balaban J connectivity index is 2.32. The number of ether oxygens (including phenoxy) is 1. The van der Waals surface area contributed by atoms with Gasteiger partial charge in [-0.3, -0.25) is 20.3 Å². The second-order valence-corrected chi connectivity index (χ2v) is 5.30. The minimum atomic E-state index is -0.474. The van der Waals surface area contributed by atoms with Crippen LogP contribution in [-0.4, -0.2) is 23.2 Å². The molecular weight excluding hydrogens is 322 g/mol. The van der Waals surface area contributed by atoms with E-state index in [1.54, 1.807) is 26.0 Å². The lowest BCUT2D eigenvalue weighted by atomic mass is 10.1. The molecule has 0 atom stereocenters. The van der Waals surface area contributed by atoms with Crippen molar-refractivity contribution in [3.8, 4) is 0 Å². The van der Waals surface area contributed by atoms with Crippen LogP contribution in [0.1, 0.15) is 24.5 Å². The first-order valence-electron chi connectivity index (χ1n) is 7.80. The molecule has 0 aliphatic heterocycles. The van der Waals surface area contributed by atoms with E-state index in [1.807, 2.05) is 30.3 Å². The summed E-state index contributed by atoms with van der Waals surface area (Å²) in [4.78, 5) is 22.5. The van der Waals surface area contributed by atoms with Crippen LogP contribution in [0.3, 0.4) is 0 Å². The smallest absolute Gasteiger partial charge is 0.311 e. The van der Waals surface area contributed by atoms with E-state index in [-0.39, 0.29) is 24.4 Å². The van der Waals surface area contributed by atoms with Gasteiger partial charge in [0.1, 0.15) is 5.69 Å². The molecule has 0 saturated carbocycles. The summed E-state index contributed by atoms with van der Waals surface area (Å²) in [6, 6.07) is 13.9. The molecule has 0 spiro atoms. The molecular formula is C18H19N3O4. The Kier molecular flexibility index (Phi) is 6.22. The zero-order chi connectivity index (χ0) is 18.2. The van der Waals surface area contributed by atoms with Crippen molar-refractivity contribution in [2.24, 2.45) is 5.10 Å². The van der Waals surface area contributed by atoms with E-state index in [2.05, 4.69) is 10.5 Å². The van der Waals surface area contributed by atoms with Crippen molar-refractivity contribution < 1.29 is 14.5 Å². The second-order valence-electron chi connectivity index (χ2n) is 5.30. The Labute approximate surface area is 145 Å². The van der Waals surface area contributed by atoms with E-state index in [4.69, 9.17) is 4.74 Å². The SMILES string of the molecule is CCOC(=O)C/C(=N\Nc1ccc(C)cc1[N+](=O)[O-])c1ccccc1. The number of carbonyl (C=O) groups is 1. The average Bonchev–Trinajstić information content (AvgIpc) is 2.60. The van der Waals surface area contributed by atoms with Crippen LogP contribution in [-0.2, 0) is 9.53 Å². The first-order chi connectivity index (χ1) is 12.0. The first-order valence-corrected chi connectivity index (χ1v) is 7.80. The largest absolute Gasteiger partial charge is 0.466 e. The normalized spacial score (nSPS) is 11.0. The van der Waals surface area contributed by atoms with Gasteiger partial charge in [-0.25, -0.2) is 0 Å². The topological polar surface area (TPSA) is 93.8 Å². The van der Waals surface area contributed by atoms with Gasteiger partial charge in [0.25, 0.3) is 5.69 Å². The lowest BCUT2D eigenvalue weighted by molar-refractivity contribution is -0.384. The summed E-state index contributed by atoms with van der Waals surface area (Å²) in [5, 5.41) is 15.4. The fourth-order valence-electron chi connectivity index (χ4n) is 2.20. The number of nitro benzene ring substituents is 1. The third kappa shape index (κ3) is 5.13. The minimum absolute atomic E-state index is 0.0372. The fraction of sp³-hybridized carbons (Fsp3) is 0.222. The van der Waals surface area contributed by atoms with Gasteiger partial charge >= 0.3 is 5.97 Å². The molecule has 0 amide bonds. The third-order valence-corrected chi connectivity index (χ3v) is 3.39. The first kappa shape index (κ1) is 18.1. The Morgan fingerprint density at radius 3 is 2.60 bits per heavy atom. The number of hydrogen-bond acceptors (Lipinski definition) is 6. The molecule has 0 aliphatic carbocycles. The van der Waals surface area contributed by atoms with Crippen LogP contribution in [0.25, 0.3) is 0 Å². The number of nitrogens with zero attached hydrogens (tertiary/aromatic N) is 2. The second kappa shape index (κ2) is 8.58. The molecule has 1 N–H and O–H groups in total. The Hall–Kier alpha value is -3.22. The number of aryl methyl sites for hydroxylation is 1. The molecule has 2 aromatic carbocycles. The highest BCUT2D eigenvalue weighted by Crippen LogP contribution is 2.25. The number of nitro groups is 1. The van der Waals surface area contributed by atoms with E-state index in [9.17, 15) is 14.9 Å². The molecule has 2 aromatic rings. The standard InChI is InChI=1S/C18H19N3O4/c1-3-25-18(22)12-16(14-7-5-4-6-8-14)20-19-15-10-9-13(2)11-17(15)21(23)24/h4-11,19H,3,12H2,1-2H3/b20-16+. The highest BCUT2D eigenvalue weighted by Gasteiger charge is 2.15. The number of carbonyl (C=O) groups excluding carboxylic acids is 1. The lowest BCUT2D eigenvalue weighted by Crippen LogP contribution is -2.14. The van der Waals surface area contributed by atoms with Gasteiger partial charge in [-0.15, -0.1) is 0 Å². The Morgan fingerprint density at radius 1 is 1.24 bits per heavy atom. The number of nitrogens with one attached hydrogen (secondary N) is 1. The van der Waals surface area contributed by atoms with Crippen molar-refractivity contribution in [1.29, 1.82) is 0 Å². The van der Waals surface area contributed by atoms with Crippen molar-refractivity contribution in [3.63, 3.8) is 0 Å². The quantitative estimate of drug-likeness (QED) is 0.359. The number of anilines is 1. The number of hydrazone groups is 1. The van der Waals surface area contributed by atoms with E-state index in [0.29, 0.717) is 5.71 Å². The van der Waals surface area contributed by atoms with Crippen molar-refractivity contribution in [1.82, 2.24) is 0 Å². The maximum atomic E-state index is 11.8. The highest BCUT2D eigenvalue weighted by molar-refractivity contribution is 6.09.